The average Bonchev–Trinajstić information content (AvgIpc) is 3.71. The lowest BCUT2D eigenvalue weighted by Crippen LogP contribution is -2.35. The minimum absolute atomic E-state index is 0.120. The molecule has 7 heteroatoms. The van der Waals surface area contributed by atoms with Gasteiger partial charge < -0.3 is 13.8 Å². The average molecular weight is 534 g/mol. The number of pyridine rings is 1. The molecule has 4 rings (SSSR count). The highest BCUT2D eigenvalue weighted by molar-refractivity contribution is 7.54. The van der Waals surface area contributed by atoms with E-state index in [1.165, 1.54) is 0 Å². The highest BCUT2D eigenvalue weighted by Gasteiger charge is 2.49. The molecule has 6 nitrogen and oxygen atoms in total. The lowest BCUT2D eigenvalue weighted by atomic mass is 9.76. The lowest BCUT2D eigenvalue weighted by molar-refractivity contribution is -0.149. The van der Waals surface area contributed by atoms with Crippen LogP contribution in [0, 0.1) is 41.4 Å². The number of rotatable bonds is 10. The maximum absolute atomic E-state index is 15.1. The lowest BCUT2D eigenvalue weighted by Gasteiger charge is -2.42. The van der Waals surface area contributed by atoms with E-state index >= 15 is 4.57 Å². The van der Waals surface area contributed by atoms with Gasteiger partial charge in [-0.05, 0) is 92.9 Å². The van der Waals surface area contributed by atoms with Gasteiger partial charge >= 0.3 is 13.6 Å². The second-order valence-corrected chi connectivity index (χ2v) is 14.7. The quantitative estimate of drug-likeness (QED) is 0.223. The van der Waals surface area contributed by atoms with Gasteiger partial charge in [-0.2, -0.15) is 0 Å². The Balaban J connectivity index is 1.68. The van der Waals surface area contributed by atoms with E-state index in [1.54, 1.807) is 18.5 Å². The molecule has 1 heterocycles. The van der Waals surface area contributed by atoms with Crippen LogP contribution in [0.5, 0.6) is 0 Å². The van der Waals surface area contributed by atoms with E-state index in [0.29, 0.717) is 29.2 Å². The normalized spacial score (nSPS) is 33.2. The topological polar surface area (TPSA) is 74.7 Å². The van der Waals surface area contributed by atoms with Crippen LogP contribution in [-0.4, -0.2) is 23.2 Å². The van der Waals surface area contributed by atoms with Gasteiger partial charge in [0, 0.05) is 18.0 Å². The molecule has 3 aliphatic carbocycles. The van der Waals surface area contributed by atoms with Gasteiger partial charge in [-0.1, -0.05) is 47.6 Å². The highest BCUT2D eigenvalue weighted by atomic mass is 31.2. The molecule has 0 amide bonds. The molecule has 3 fully saturated rings. The Labute approximate surface area is 224 Å². The Bertz CT molecular complexity index is 895. The predicted octanol–water partition coefficient (Wildman–Crippen LogP) is 8.18. The van der Waals surface area contributed by atoms with E-state index in [4.69, 9.17) is 13.8 Å². The van der Waals surface area contributed by atoms with E-state index in [2.05, 4.69) is 46.5 Å². The largest absolute Gasteiger partial charge is 0.444 e. The molecule has 37 heavy (non-hydrogen) atoms. The summed E-state index contributed by atoms with van der Waals surface area (Å²) >= 11 is 0. The first-order valence-electron chi connectivity index (χ1n) is 14.6. The second-order valence-electron chi connectivity index (χ2n) is 12.8. The van der Waals surface area contributed by atoms with E-state index in [0.717, 1.165) is 51.4 Å². The number of nitrogens with zero attached hydrogens (tertiary/aromatic N) is 1. The van der Waals surface area contributed by atoms with Crippen LogP contribution in [-0.2, 0) is 23.1 Å². The molecular weight excluding hydrogens is 485 g/mol. The Morgan fingerprint density at radius 2 is 1.43 bits per heavy atom. The molecule has 0 saturated heterocycles. The van der Waals surface area contributed by atoms with Gasteiger partial charge in [0.1, 0.15) is 0 Å². The number of carbonyl (C=O) groups excluding carboxylic acids is 1. The molecule has 0 aliphatic heterocycles. The minimum atomic E-state index is -3.93. The number of hydrogen-bond acceptors (Lipinski definition) is 6. The predicted molar refractivity (Wildman–Crippen MR) is 146 cm³/mol. The van der Waals surface area contributed by atoms with Crippen molar-refractivity contribution >= 4 is 13.6 Å². The van der Waals surface area contributed by atoms with Crippen molar-refractivity contribution in [1.82, 2.24) is 4.98 Å². The molecule has 1 unspecified atom stereocenters. The van der Waals surface area contributed by atoms with Crippen LogP contribution < -0.4 is 0 Å². The Hall–Kier alpha value is -1.23. The molecule has 0 bridgehead atoms. The summed E-state index contributed by atoms with van der Waals surface area (Å²) in [6, 6.07) is 3.60. The number of aromatic nitrogens is 1. The van der Waals surface area contributed by atoms with Crippen LogP contribution in [0.25, 0.3) is 0 Å². The van der Waals surface area contributed by atoms with Crippen molar-refractivity contribution in [2.75, 3.05) is 0 Å². The summed E-state index contributed by atoms with van der Waals surface area (Å²) in [6.45, 7) is 13.4. The van der Waals surface area contributed by atoms with Crippen LogP contribution in [0.1, 0.15) is 104 Å². The van der Waals surface area contributed by atoms with Gasteiger partial charge in [-0.15, -0.1) is 0 Å². The zero-order valence-electron chi connectivity index (χ0n) is 23.7. The van der Waals surface area contributed by atoms with Crippen LogP contribution in [0.3, 0.4) is 0 Å². The first-order chi connectivity index (χ1) is 17.6. The molecule has 3 saturated carbocycles. The molecule has 0 N–H and O–H groups in total. The maximum atomic E-state index is 15.1. The zero-order chi connectivity index (χ0) is 26.7. The van der Waals surface area contributed by atoms with Crippen LogP contribution in [0.15, 0.2) is 24.5 Å². The number of ether oxygens (including phenoxy) is 1. The van der Waals surface area contributed by atoms with Crippen molar-refractivity contribution in [3.8, 4) is 0 Å². The Morgan fingerprint density at radius 3 is 1.86 bits per heavy atom. The summed E-state index contributed by atoms with van der Waals surface area (Å²) in [5, 5.41) is 0. The minimum Gasteiger partial charge on any atom is -0.444 e. The molecule has 0 spiro atoms. The van der Waals surface area contributed by atoms with Gasteiger partial charge in [-0.25, -0.2) is 0 Å². The molecule has 1 aromatic rings. The molecule has 1 aromatic heterocycles. The summed E-state index contributed by atoms with van der Waals surface area (Å²) in [7, 11) is -3.93. The Kier molecular flexibility index (Phi) is 9.57. The van der Waals surface area contributed by atoms with Gasteiger partial charge in [0.05, 0.1) is 18.1 Å². The molecule has 0 radical (unpaired) electrons. The molecule has 0 aromatic carbocycles. The molecule has 8 atom stereocenters. The highest BCUT2D eigenvalue weighted by Crippen LogP contribution is 2.65. The molecular formula is C30H48NO5P. The maximum Gasteiger partial charge on any atom is 0.376 e. The number of esters is 1. The zero-order valence-corrected chi connectivity index (χ0v) is 24.6. The van der Waals surface area contributed by atoms with Crippen molar-refractivity contribution in [3.05, 3.63) is 30.1 Å². The first kappa shape index (κ1) is 28.8. The van der Waals surface area contributed by atoms with Crippen molar-refractivity contribution in [1.29, 1.82) is 0 Å². The Morgan fingerprint density at radius 1 is 0.892 bits per heavy atom. The van der Waals surface area contributed by atoms with Gasteiger partial charge in [0.25, 0.3) is 0 Å². The second kappa shape index (κ2) is 12.3. The number of carbonyl (C=O) groups is 1. The van der Waals surface area contributed by atoms with Gasteiger partial charge in [0.2, 0.25) is 5.85 Å². The smallest absolute Gasteiger partial charge is 0.376 e. The fourth-order valence-electron chi connectivity index (χ4n) is 6.00. The summed E-state index contributed by atoms with van der Waals surface area (Å²) in [5.74, 6) is 1.07. The summed E-state index contributed by atoms with van der Waals surface area (Å²) in [6.07, 6.45) is 10.6. The van der Waals surface area contributed by atoms with Crippen LogP contribution in [0.2, 0.25) is 0 Å². The van der Waals surface area contributed by atoms with Gasteiger partial charge in [0.15, 0.2) is 0 Å². The van der Waals surface area contributed by atoms with E-state index < -0.39 is 13.4 Å². The summed E-state index contributed by atoms with van der Waals surface area (Å²) in [4.78, 5) is 17.2. The standard InChI is InChI=1S/C30H48NO5P/c1-19(2)24-11-9-21(5)27(16-24)35-37(33,36-28-17-25(20(3)4)12-10-22(28)6)30(26-8-7-15-31-18-26)34-29(32)23-13-14-23/h7-8,15,18-25,27-28,30H,9-14,16-17H2,1-6H3/t21-,22+,24-,25-,27-,28-,30-,37?/m1/s1. The fraction of sp³-hybridized carbons (Fsp3) is 0.800. The molecule has 3 aliphatic rings. The number of hydrogen-bond donors (Lipinski definition) is 0. The van der Waals surface area contributed by atoms with Crippen molar-refractivity contribution in [2.24, 2.45) is 41.4 Å². The third kappa shape index (κ3) is 7.25. The van der Waals surface area contributed by atoms with Crippen LogP contribution in [0.4, 0.5) is 0 Å². The SMILES string of the molecule is CC(C)[C@@H]1CC[C@@H](C)[C@H](OP(=O)(O[C@@H]2C[C@H](C(C)C)CC[C@@H]2C)[C@@H](OC(=O)C2CC2)c2cccnc2)C1. The van der Waals surface area contributed by atoms with Gasteiger partial charge in [-0.3, -0.25) is 14.3 Å². The van der Waals surface area contributed by atoms with E-state index in [9.17, 15) is 4.79 Å². The van der Waals surface area contributed by atoms with Crippen molar-refractivity contribution in [3.63, 3.8) is 0 Å². The van der Waals surface area contributed by atoms with E-state index in [1.807, 2.05) is 6.07 Å². The monoisotopic (exact) mass is 533 g/mol. The van der Waals surface area contributed by atoms with Crippen LogP contribution >= 0.6 is 7.60 Å². The third-order valence-electron chi connectivity index (χ3n) is 9.17. The van der Waals surface area contributed by atoms with E-state index in [-0.39, 0.29) is 35.9 Å². The third-order valence-corrected chi connectivity index (χ3v) is 11.3. The molecule has 208 valence electrons. The summed E-state index contributed by atoms with van der Waals surface area (Å²) in [5.41, 5.74) is 0.576. The fourth-order valence-corrected chi connectivity index (χ4v) is 8.37. The van der Waals surface area contributed by atoms with Crippen molar-refractivity contribution < 1.29 is 23.1 Å². The van der Waals surface area contributed by atoms with Crippen molar-refractivity contribution in [2.45, 2.75) is 111 Å². The summed E-state index contributed by atoms with van der Waals surface area (Å²) < 4.78 is 34.5. The first-order valence-corrected chi connectivity index (χ1v) is 16.3.